The number of anilines is 1. The molecule has 182 valence electrons. The molecule has 7 nitrogen and oxygen atoms in total. The standard InChI is InChI=1S/C25H22Cl2N2O5S/c26-20-5-2-6-21(27)24(20)22(31)12-17-9-10-23-25(28-17)29(13-18(14-30)34-23)35(32,33)19-4-1-3-16(11-19)15-7-8-15/h1-6,9-11,15,18,30H,7-8,12-14H2/t18-/m1/s1. The number of Topliss-reactive ketones (excluding diaryl/α,β-unsaturated/α-hetero) is 1. The molecule has 0 radical (unpaired) electrons. The second-order valence-electron chi connectivity index (χ2n) is 8.63. The number of halogens is 2. The summed E-state index contributed by atoms with van der Waals surface area (Å²) in [4.78, 5) is 17.6. The fourth-order valence-corrected chi connectivity index (χ4v) is 6.25. The van der Waals surface area contributed by atoms with Crippen LogP contribution in [-0.2, 0) is 16.4 Å². The van der Waals surface area contributed by atoms with Crippen LogP contribution in [0.4, 0.5) is 5.82 Å². The Kier molecular flexibility index (Phi) is 6.48. The third-order valence-electron chi connectivity index (χ3n) is 6.08. The van der Waals surface area contributed by atoms with E-state index >= 15 is 0 Å². The van der Waals surface area contributed by atoms with Gasteiger partial charge in [0.25, 0.3) is 10.0 Å². The zero-order valence-electron chi connectivity index (χ0n) is 18.5. The Labute approximate surface area is 213 Å². The van der Waals surface area contributed by atoms with Crippen molar-refractivity contribution in [2.24, 2.45) is 0 Å². The summed E-state index contributed by atoms with van der Waals surface area (Å²) in [5.74, 6) is 0.329. The Morgan fingerprint density at radius 3 is 2.49 bits per heavy atom. The van der Waals surface area contributed by atoms with Gasteiger partial charge >= 0.3 is 0 Å². The van der Waals surface area contributed by atoms with E-state index in [0.717, 1.165) is 22.7 Å². The number of aliphatic hydroxyl groups is 1. The molecule has 10 heteroatoms. The number of ketones is 1. The first-order chi connectivity index (χ1) is 16.8. The van der Waals surface area contributed by atoms with Crippen LogP contribution in [0.25, 0.3) is 0 Å². The number of ether oxygens (including phenoxy) is 1. The summed E-state index contributed by atoms with van der Waals surface area (Å²) < 4.78 is 34.3. The predicted octanol–water partition coefficient (Wildman–Crippen LogP) is 4.64. The maximum Gasteiger partial charge on any atom is 0.265 e. The summed E-state index contributed by atoms with van der Waals surface area (Å²) in [6.45, 7) is -0.473. The molecule has 1 aliphatic heterocycles. The second-order valence-corrected chi connectivity index (χ2v) is 11.3. The maximum atomic E-state index is 13.7. The lowest BCUT2D eigenvalue weighted by Gasteiger charge is -2.34. The molecule has 1 aliphatic carbocycles. The summed E-state index contributed by atoms with van der Waals surface area (Å²) >= 11 is 12.3. The molecule has 1 atom stereocenters. The Morgan fingerprint density at radius 2 is 1.80 bits per heavy atom. The molecular formula is C25H22Cl2N2O5S. The van der Waals surface area contributed by atoms with Crippen molar-refractivity contribution in [1.82, 2.24) is 4.98 Å². The van der Waals surface area contributed by atoms with Crippen LogP contribution >= 0.6 is 23.2 Å². The van der Waals surface area contributed by atoms with Gasteiger partial charge in [-0.15, -0.1) is 0 Å². The molecule has 5 rings (SSSR count). The van der Waals surface area contributed by atoms with Crippen LogP contribution in [0.3, 0.4) is 0 Å². The summed E-state index contributed by atoms with van der Waals surface area (Å²) in [5.41, 5.74) is 1.51. The van der Waals surface area contributed by atoms with Crippen molar-refractivity contribution >= 4 is 44.8 Å². The van der Waals surface area contributed by atoms with Crippen molar-refractivity contribution in [3.63, 3.8) is 0 Å². The van der Waals surface area contributed by atoms with E-state index in [1.165, 1.54) is 0 Å². The molecule has 0 amide bonds. The number of carbonyl (C=O) groups is 1. The SMILES string of the molecule is O=C(Cc1ccc2c(n1)N(S(=O)(=O)c1cccc(C3CC3)c1)C[C@H](CO)O2)c1c(Cl)cccc1Cl. The molecule has 2 heterocycles. The Bertz CT molecular complexity index is 1390. The van der Waals surface area contributed by atoms with Crippen molar-refractivity contribution in [2.45, 2.75) is 36.2 Å². The summed E-state index contributed by atoms with van der Waals surface area (Å²) in [6, 6.07) is 14.9. The maximum absolute atomic E-state index is 13.7. The van der Waals surface area contributed by atoms with Crippen LogP contribution in [0.1, 0.15) is 40.4 Å². The van der Waals surface area contributed by atoms with Gasteiger partial charge in [0.05, 0.1) is 45.8 Å². The molecule has 0 bridgehead atoms. The minimum Gasteiger partial charge on any atom is -0.482 e. The van der Waals surface area contributed by atoms with E-state index in [9.17, 15) is 18.3 Å². The van der Waals surface area contributed by atoms with Crippen molar-refractivity contribution < 1.29 is 23.1 Å². The summed E-state index contributed by atoms with van der Waals surface area (Å²) in [6.07, 6.45) is 1.21. The molecular weight excluding hydrogens is 511 g/mol. The highest BCUT2D eigenvalue weighted by atomic mass is 35.5. The zero-order chi connectivity index (χ0) is 24.7. The predicted molar refractivity (Wildman–Crippen MR) is 133 cm³/mol. The molecule has 1 saturated carbocycles. The zero-order valence-corrected chi connectivity index (χ0v) is 20.9. The van der Waals surface area contributed by atoms with Gasteiger partial charge < -0.3 is 9.84 Å². The van der Waals surface area contributed by atoms with E-state index in [1.54, 1.807) is 48.5 Å². The first kappa shape index (κ1) is 24.1. The summed E-state index contributed by atoms with van der Waals surface area (Å²) in [7, 11) is -4.00. The third kappa shape index (κ3) is 4.76. The van der Waals surface area contributed by atoms with E-state index in [2.05, 4.69) is 4.98 Å². The minimum atomic E-state index is -4.00. The lowest BCUT2D eigenvalue weighted by Crippen LogP contribution is -2.45. The Hall–Kier alpha value is -2.65. The van der Waals surface area contributed by atoms with Gasteiger partial charge in [0.2, 0.25) is 0 Å². The van der Waals surface area contributed by atoms with Gasteiger partial charge in [0.15, 0.2) is 17.4 Å². The highest BCUT2D eigenvalue weighted by Gasteiger charge is 2.36. The minimum absolute atomic E-state index is 0.0714. The van der Waals surface area contributed by atoms with Crippen LogP contribution < -0.4 is 9.04 Å². The van der Waals surface area contributed by atoms with Crippen LogP contribution in [-0.4, -0.2) is 43.5 Å². The lowest BCUT2D eigenvalue weighted by molar-refractivity contribution is 0.0991. The van der Waals surface area contributed by atoms with E-state index in [0.29, 0.717) is 11.6 Å². The fraction of sp³-hybridized carbons (Fsp3) is 0.280. The van der Waals surface area contributed by atoms with E-state index in [4.69, 9.17) is 27.9 Å². The number of aromatic nitrogens is 1. The van der Waals surface area contributed by atoms with E-state index in [1.807, 2.05) is 6.07 Å². The first-order valence-corrected chi connectivity index (χ1v) is 13.3. The highest BCUT2D eigenvalue weighted by molar-refractivity contribution is 7.92. The molecule has 0 saturated heterocycles. The second kappa shape index (κ2) is 9.43. The average molecular weight is 533 g/mol. The van der Waals surface area contributed by atoms with E-state index < -0.39 is 16.1 Å². The molecule has 0 spiro atoms. The molecule has 1 N–H and O–H groups in total. The first-order valence-electron chi connectivity index (χ1n) is 11.2. The molecule has 1 aromatic heterocycles. The van der Waals surface area contributed by atoms with E-state index in [-0.39, 0.29) is 57.4 Å². The fourth-order valence-electron chi connectivity index (χ4n) is 4.13. The van der Waals surface area contributed by atoms with Crippen LogP contribution in [0.15, 0.2) is 59.5 Å². The molecule has 1 fully saturated rings. The Morgan fingerprint density at radius 1 is 1.09 bits per heavy atom. The number of nitrogens with zero attached hydrogens (tertiary/aromatic N) is 2. The monoisotopic (exact) mass is 532 g/mol. The normalized spacial score (nSPS) is 17.6. The van der Waals surface area contributed by atoms with Crippen LogP contribution in [0.5, 0.6) is 5.75 Å². The number of fused-ring (bicyclic) bond motifs is 1. The van der Waals surface area contributed by atoms with Crippen molar-refractivity contribution in [3.8, 4) is 5.75 Å². The molecule has 2 aromatic carbocycles. The third-order valence-corrected chi connectivity index (χ3v) is 8.46. The van der Waals surface area contributed by atoms with Crippen molar-refractivity contribution in [1.29, 1.82) is 0 Å². The highest BCUT2D eigenvalue weighted by Crippen LogP contribution is 2.41. The van der Waals surface area contributed by atoms with Gasteiger partial charge in [-0.2, -0.15) is 0 Å². The number of pyridine rings is 1. The van der Waals surface area contributed by atoms with Crippen LogP contribution in [0.2, 0.25) is 10.0 Å². The largest absolute Gasteiger partial charge is 0.482 e. The van der Waals surface area contributed by atoms with Gasteiger partial charge in [0, 0.05) is 0 Å². The topological polar surface area (TPSA) is 96.8 Å². The smallest absolute Gasteiger partial charge is 0.265 e. The van der Waals surface area contributed by atoms with Crippen molar-refractivity contribution in [2.75, 3.05) is 17.5 Å². The number of benzene rings is 2. The number of sulfonamides is 1. The lowest BCUT2D eigenvalue weighted by atomic mass is 10.1. The average Bonchev–Trinajstić information content (AvgIpc) is 3.69. The number of hydrogen-bond acceptors (Lipinski definition) is 6. The van der Waals surface area contributed by atoms with Crippen LogP contribution in [0, 0.1) is 0 Å². The van der Waals surface area contributed by atoms with Gasteiger partial charge in [-0.05, 0) is 60.7 Å². The number of hydrogen-bond donors (Lipinski definition) is 1. The molecule has 35 heavy (non-hydrogen) atoms. The van der Waals surface area contributed by atoms with Gasteiger partial charge in [-0.25, -0.2) is 17.7 Å². The van der Waals surface area contributed by atoms with Gasteiger partial charge in [-0.1, -0.05) is 41.4 Å². The molecule has 2 aliphatic rings. The Balaban J connectivity index is 1.51. The molecule has 0 unspecified atom stereocenters. The number of rotatable bonds is 7. The van der Waals surface area contributed by atoms with Gasteiger partial charge in [-0.3, -0.25) is 4.79 Å². The quantitative estimate of drug-likeness (QED) is 0.445. The van der Waals surface area contributed by atoms with Gasteiger partial charge in [0.1, 0.15) is 6.10 Å². The molecule has 3 aromatic rings. The number of carbonyl (C=O) groups excluding carboxylic acids is 1. The summed E-state index contributed by atoms with van der Waals surface area (Å²) in [5, 5.41) is 10.2. The van der Waals surface area contributed by atoms with Crippen molar-refractivity contribution in [3.05, 3.63) is 81.5 Å². The number of aliphatic hydroxyl groups excluding tert-OH is 1.